The predicted molar refractivity (Wildman–Crippen MR) is 109 cm³/mol. The van der Waals surface area contributed by atoms with Gasteiger partial charge in [-0.15, -0.1) is 0 Å². The number of halogens is 1. The van der Waals surface area contributed by atoms with Crippen molar-refractivity contribution in [1.29, 1.82) is 0 Å². The molecular formula is C19H21ClN2O6S. The monoisotopic (exact) mass is 440 g/mol. The Bertz CT molecular complexity index is 1010. The molecule has 0 unspecified atom stereocenters. The van der Waals surface area contributed by atoms with Crippen molar-refractivity contribution in [3.05, 3.63) is 53.1 Å². The number of sulfonamides is 1. The fourth-order valence-corrected chi connectivity index (χ4v) is 3.88. The highest BCUT2D eigenvalue weighted by molar-refractivity contribution is 7.92. The Labute approximate surface area is 174 Å². The van der Waals surface area contributed by atoms with Crippen LogP contribution >= 0.6 is 11.6 Å². The Morgan fingerprint density at radius 2 is 1.86 bits per heavy atom. The molecule has 0 aromatic heterocycles. The van der Waals surface area contributed by atoms with Crippen LogP contribution in [0, 0.1) is 0 Å². The third-order valence-electron chi connectivity index (χ3n) is 3.95. The van der Waals surface area contributed by atoms with Crippen LogP contribution in [0.4, 0.5) is 5.69 Å². The number of rotatable bonds is 8. The molecule has 0 heterocycles. The van der Waals surface area contributed by atoms with Crippen molar-refractivity contribution in [2.45, 2.75) is 11.8 Å². The van der Waals surface area contributed by atoms with Gasteiger partial charge in [0.25, 0.3) is 15.9 Å². The first-order chi connectivity index (χ1) is 13.7. The van der Waals surface area contributed by atoms with Crippen LogP contribution in [-0.4, -0.2) is 47.6 Å². The summed E-state index contributed by atoms with van der Waals surface area (Å²) >= 11 is 6.03. The quantitative estimate of drug-likeness (QED) is 0.632. The highest BCUT2D eigenvalue weighted by Gasteiger charge is 2.26. The van der Waals surface area contributed by atoms with Gasteiger partial charge in [-0.2, -0.15) is 0 Å². The fraction of sp³-hybridized carbons (Fsp3) is 0.263. The molecule has 0 aliphatic carbocycles. The van der Waals surface area contributed by atoms with Crippen molar-refractivity contribution >= 4 is 39.2 Å². The summed E-state index contributed by atoms with van der Waals surface area (Å²) in [7, 11) is -1.22. The fourth-order valence-electron chi connectivity index (χ4n) is 2.46. The summed E-state index contributed by atoms with van der Waals surface area (Å²) in [5.41, 5.74) is 0.163. The average Bonchev–Trinajstić information content (AvgIpc) is 2.71. The topological polar surface area (TPSA) is 102 Å². The van der Waals surface area contributed by atoms with E-state index >= 15 is 0 Å². The number of para-hydroxylation sites is 2. The number of esters is 1. The van der Waals surface area contributed by atoms with Crippen LogP contribution in [0.3, 0.4) is 0 Å². The number of hydrogen-bond acceptors (Lipinski definition) is 6. The van der Waals surface area contributed by atoms with Crippen molar-refractivity contribution in [1.82, 2.24) is 5.32 Å². The normalized spacial score (nSPS) is 10.9. The van der Waals surface area contributed by atoms with Crippen molar-refractivity contribution in [2.75, 3.05) is 31.6 Å². The summed E-state index contributed by atoms with van der Waals surface area (Å²) in [5, 5.41) is 2.49. The number of likely N-dealkylation sites (N-methyl/N-ethyl adjacent to an activating group) is 1. The van der Waals surface area contributed by atoms with Gasteiger partial charge >= 0.3 is 5.97 Å². The standard InChI is InChI=1S/C19H21ClN2O6S/c1-4-21-18(23)12-28-19(24)14-11-13(9-10-15(14)20)29(25,26)22(2)16-7-5-6-8-17(16)27-3/h5-11H,4,12H2,1-3H3,(H,21,23). The second kappa shape index (κ2) is 9.62. The molecule has 0 bridgehead atoms. The number of hydrogen-bond donors (Lipinski definition) is 1. The summed E-state index contributed by atoms with van der Waals surface area (Å²) in [6, 6.07) is 10.3. The van der Waals surface area contributed by atoms with E-state index in [-0.39, 0.29) is 15.5 Å². The van der Waals surface area contributed by atoms with Crippen LogP contribution in [0.1, 0.15) is 17.3 Å². The van der Waals surface area contributed by atoms with E-state index in [1.54, 1.807) is 31.2 Å². The van der Waals surface area contributed by atoms with Crippen molar-refractivity contribution < 1.29 is 27.5 Å². The molecule has 0 radical (unpaired) electrons. The average molecular weight is 441 g/mol. The Morgan fingerprint density at radius 3 is 2.52 bits per heavy atom. The number of anilines is 1. The van der Waals surface area contributed by atoms with E-state index in [4.69, 9.17) is 21.1 Å². The van der Waals surface area contributed by atoms with E-state index < -0.39 is 28.5 Å². The van der Waals surface area contributed by atoms with Gasteiger partial charge in [-0.1, -0.05) is 23.7 Å². The molecule has 0 aliphatic rings. The van der Waals surface area contributed by atoms with E-state index in [9.17, 15) is 18.0 Å². The highest BCUT2D eigenvalue weighted by Crippen LogP contribution is 2.32. The second-order valence-corrected chi connectivity index (χ2v) is 8.19. The number of nitrogens with one attached hydrogen (secondary N) is 1. The maximum Gasteiger partial charge on any atom is 0.340 e. The van der Waals surface area contributed by atoms with Crippen molar-refractivity contribution in [3.63, 3.8) is 0 Å². The SMILES string of the molecule is CCNC(=O)COC(=O)c1cc(S(=O)(=O)N(C)c2ccccc2OC)ccc1Cl. The lowest BCUT2D eigenvalue weighted by molar-refractivity contribution is -0.124. The molecule has 29 heavy (non-hydrogen) atoms. The zero-order valence-corrected chi connectivity index (χ0v) is 17.7. The number of methoxy groups -OCH3 is 1. The van der Waals surface area contributed by atoms with Gasteiger partial charge in [0.15, 0.2) is 6.61 Å². The lowest BCUT2D eigenvalue weighted by Gasteiger charge is -2.22. The molecule has 0 aliphatic heterocycles. The minimum atomic E-state index is -4.03. The second-order valence-electron chi connectivity index (χ2n) is 5.82. The number of amides is 1. The van der Waals surface area contributed by atoms with E-state index in [0.717, 1.165) is 10.4 Å². The molecule has 0 saturated heterocycles. The molecule has 2 aromatic rings. The van der Waals surface area contributed by atoms with Crippen molar-refractivity contribution in [2.24, 2.45) is 0 Å². The number of carbonyl (C=O) groups excluding carboxylic acids is 2. The lowest BCUT2D eigenvalue weighted by Crippen LogP contribution is -2.29. The molecule has 8 nitrogen and oxygen atoms in total. The van der Waals surface area contributed by atoms with Gasteiger partial charge in [-0.3, -0.25) is 9.10 Å². The zero-order valence-electron chi connectivity index (χ0n) is 16.1. The summed E-state index contributed by atoms with van der Waals surface area (Å²) in [4.78, 5) is 23.6. The molecule has 156 valence electrons. The third kappa shape index (κ3) is 5.18. The largest absolute Gasteiger partial charge is 0.495 e. The van der Waals surface area contributed by atoms with Crippen LogP contribution in [0.2, 0.25) is 5.02 Å². The van der Waals surface area contributed by atoms with Crippen LogP contribution in [0.15, 0.2) is 47.4 Å². The third-order valence-corrected chi connectivity index (χ3v) is 6.05. The van der Waals surface area contributed by atoms with Gasteiger partial charge in [0.2, 0.25) is 0 Å². The van der Waals surface area contributed by atoms with Gasteiger partial charge in [0, 0.05) is 13.6 Å². The van der Waals surface area contributed by atoms with Crippen molar-refractivity contribution in [3.8, 4) is 5.75 Å². The Morgan fingerprint density at radius 1 is 1.17 bits per heavy atom. The minimum Gasteiger partial charge on any atom is -0.495 e. The van der Waals surface area contributed by atoms with Gasteiger partial charge in [-0.25, -0.2) is 13.2 Å². The Kier molecular flexibility index (Phi) is 7.46. The van der Waals surface area contributed by atoms with Crippen LogP contribution < -0.4 is 14.4 Å². The maximum absolute atomic E-state index is 13.0. The molecular weight excluding hydrogens is 420 g/mol. The van der Waals surface area contributed by atoms with Crippen LogP contribution in [0.25, 0.3) is 0 Å². The lowest BCUT2D eigenvalue weighted by atomic mass is 10.2. The van der Waals surface area contributed by atoms with Gasteiger partial charge in [0.1, 0.15) is 5.75 Å². The maximum atomic E-state index is 13.0. The van der Waals surface area contributed by atoms with Crippen LogP contribution in [0.5, 0.6) is 5.75 Å². The smallest absolute Gasteiger partial charge is 0.340 e. The summed E-state index contributed by atoms with van der Waals surface area (Å²) in [6.07, 6.45) is 0. The number of carbonyl (C=O) groups is 2. The van der Waals surface area contributed by atoms with E-state index in [2.05, 4.69) is 5.32 Å². The first kappa shape index (κ1) is 22.5. The van der Waals surface area contributed by atoms with Gasteiger partial charge in [-0.05, 0) is 37.3 Å². The minimum absolute atomic E-state index is 0.00444. The molecule has 0 spiro atoms. The molecule has 0 atom stereocenters. The molecule has 2 rings (SSSR count). The number of benzene rings is 2. The Balaban J connectivity index is 2.34. The highest BCUT2D eigenvalue weighted by atomic mass is 35.5. The van der Waals surface area contributed by atoms with E-state index in [1.807, 2.05) is 0 Å². The molecule has 2 aromatic carbocycles. The first-order valence-corrected chi connectivity index (χ1v) is 10.4. The Hall–Kier alpha value is -2.78. The summed E-state index contributed by atoms with van der Waals surface area (Å²) in [5.74, 6) is -1.01. The molecule has 0 fully saturated rings. The van der Waals surface area contributed by atoms with Gasteiger partial charge < -0.3 is 14.8 Å². The summed E-state index contributed by atoms with van der Waals surface area (Å²) < 4.78 is 37.3. The van der Waals surface area contributed by atoms with Gasteiger partial charge in [0.05, 0.1) is 28.3 Å². The molecule has 10 heteroatoms. The van der Waals surface area contributed by atoms with E-state index in [1.165, 1.54) is 26.3 Å². The zero-order chi connectivity index (χ0) is 21.6. The first-order valence-electron chi connectivity index (χ1n) is 8.57. The predicted octanol–water partition coefficient (Wildman–Crippen LogP) is 2.47. The molecule has 0 saturated carbocycles. The van der Waals surface area contributed by atoms with E-state index in [0.29, 0.717) is 18.0 Å². The molecule has 1 N–H and O–H groups in total. The number of nitrogens with zero attached hydrogens (tertiary/aromatic N) is 1. The number of ether oxygens (including phenoxy) is 2. The molecule has 1 amide bonds. The summed E-state index contributed by atoms with van der Waals surface area (Å²) in [6.45, 7) is 1.62. The van der Waals surface area contributed by atoms with Crippen LogP contribution in [-0.2, 0) is 19.6 Å².